The summed E-state index contributed by atoms with van der Waals surface area (Å²) in [6.07, 6.45) is 0.927. The van der Waals surface area contributed by atoms with E-state index in [4.69, 9.17) is 5.11 Å². The SMILES string of the molecule is Cc1ccc([N+](=O)[O-])cc1CC[C@H](C)O. The Kier molecular flexibility index (Phi) is 3.80. The minimum absolute atomic E-state index is 0.112. The number of nitro benzene ring substituents is 1. The smallest absolute Gasteiger partial charge is 0.269 e. The Labute approximate surface area is 88.7 Å². The van der Waals surface area contributed by atoms with Gasteiger partial charge in [0.2, 0.25) is 0 Å². The van der Waals surface area contributed by atoms with Gasteiger partial charge in [0, 0.05) is 12.1 Å². The molecule has 0 heterocycles. The van der Waals surface area contributed by atoms with Crippen molar-refractivity contribution in [2.24, 2.45) is 0 Å². The van der Waals surface area contributed by atoms with Gasteiger partial charge in [-0.1, -0.05) is 6.07 Å². The molecule has 0 aliphatic heterocycles. The van der Waals surface area contributed by atoms with Crippen molar-refractivity contribution in [2.45, 2.75) is 32.8 Å². The molecule has 1 aromatic carbocycles. The Morgan fingerprint density at radius 2 is 2.20 bits per heavy atom. The van der Waals surface area contributed by atoms with E-state index in [1.54, 1.807) is 19.1 Å². The molecule has 0 fully saturated rings. The highest BCUT2D eigenvalue weighted by molar-refractivity contribution is 5.39. The molecule has 4 nitrogen and oxygen atoms in total. The van der Waals surface area contributed by atoms with Crippen molar-refractivity contribution in [1.29, 1.82) is 0 Å². The van der Waals surface area contributed by atoms with Gasteiger partial charge in [0.1, 0.15) is 0 Å². The number of hydrogen-bond acceptors (Lipinski definition) is 3. The predicted molar refractivity (Wildman–Crippen MR) is 57.8 cm³/mol. The van der Waals surface area contributed by atoms with Crippen molar-refractivity contribution in [3.63, 3.8) is 0 Å². The van der Waals surface area contributed by atoms with Crippen LogP contribution in [0.15, 0.2) is 18.2 Å². The molecular formula is C11H15NO3. The Hall–Kier alpha value is -1.42. The lowest BCUT2D eigenvalue weighted by molar-refractivity contribution is -0.384. The van der Waals surface area contributed by atoms with E-state index in [0.717, 1.165) is 11.1 Å². The first-order valence-corrected chi connectivity index (χ1v) is 4.92. The molecule has 15 heavy (non-hydrogen) atoms. The van der Waals surface area contributed by atoms with Crippen molar-refractivity contribution < 1.29 is 10.0 Å². The Balaban J connectivity index is 2.85. The molecule has 0 bridgehead atoms. The zero-order valence-electron chi connectivity index (χ0n) is 8.93. The van der Waals surface area contributed by atoms with E-state index in [0.29, 0.717) is 12.8 Å². The van der Waals surface area contributed by atoms with Crippen LogP contribution in [-0.4, -0.2) is 16.1 Å². The summed E-state index contributed by atoms with van der Waals surface area (Å²) in [5.74, 6) is 0. The van der Waals surface area contributed by atoms with Gasteiger partial charge in [-0.2, -0.15) is 0 Å². The second kappa shape index (κ2) is 4.89. The normalized spacial score (nSPS) is 12.5. The number of nitrogens with zero attached hydrogens (tertiary/aromatic N) is 1. The van der Waals surface area contributed by atoms with Crippen molar-refractivity contribution in [3.05, 3.63) is 39.4 Å². The highest BCUT2D eigenvalue weighted by Gasteiger charge is 2.09. The maximum Gasteiger partial charge on any atom is 0.269 e. The molecule has 0 spiro atoms. The standard InChI is InChI=1S/C11H15NO3/c1-8-3-6-11(12(14)15)7-10(8)5-4-9(2)13/h3,6-7,9,13H,4-5H2,1-2H3/t9-/m0/s1. The number of rotatable bonds is 4. The number of benzene rings is 1. The molecular weight excluding hydrogens is 194 g/mol. The molecule has 0 radical (unpaired) electrons. The molecule has 4 heteroatoms. The van der Waals surface area contributed by atoms with Crippen molar-refractivity contribution >= 4 is 5.69 Å². The first kappa shape index (κ1) is 11.7. The second-order valence-corrected chi connectivity index (χ2v) is 3.76. The summed E-state index contributed by atoms with van der Waals surface area (Å²) < 4.78 is 0. The number of aliphatic hydroxyl groups is 1. The third-order valence-corrected chi connectivity index (χ3v) is 2.37. The van der Waals surface area contributed by atoms with E-state index < -0.39 is 4.92 Å². The van der Waals surface area contributed by atoms with Crippen molar-refractivity contribution in [3.8, 4) is 0 Å². The first-order valence-electron chi connectivity index (χ1n) is 4.92. The van der Waals surface area contributed by atoms with Crippen LogP contribution in [0.5, 0.6) is 0 Å². The van der Waals surface area contributed by atoms with Gasteiger partial charge in [0.25, 0.3) is 5.69 Å². The molecule has 0 saturated heterocycles. The number of nitro groups is 1. The lowest BCUT2D eigenvalue weighted by Gasteiger charge is -2.07. The average molecular weight is 209 g/mol. The summed E-state index contributed by atoms with van der Waals surface area (Å²) in [5, 5.41) is 19.7. The van der Waals surface area contributed by atoms with E-state index >= 15 is 0 Å². The molecule has 1 aromatic rings. The van der Waals surface area contributed by atoms with Crippen molar-refractivity contribution in [1.82, 2.24) is 0 Å². The molecule has 0 aromatic heterocycles. The molecule has 0 aliphatic rings. The Bertz CT molecular complexity index is 361. The fourth-order valence-corrected chi connectivity index (χ4v) is 1.41. The van der Waals surface area contributed by atoms with Gasteiger partial charge >= 0.3 is 0 Å². The Morgan fingerprint density at radius 1 is 1.53 bits per heavy atom. The number of aliphatic hydroxyl groups excluding tert-OH is 1. The lowest BCUT2D eigenvalue weighted by atomic mass is 10.0. The molecule has 0 saturated carbocycles. The number of hydrogen-bond donors (Lipinski definition) is 1. The highest BCUT2D eigenvalue weighted by Crippen LogP contribution is 2.18. The van der Waals surface area contributed by atoms with Gasteiger partial charge in [0.05, 0.1) is 11.0 Å². The van der Waals surface area contributed by atoms with Gasteiger partial charge in [-0.25, -0.2) is 0 Å². The summed E-state index contributed by atoms with van der Waals surface area (Å²) in [4.78, 5) is 10.2. The van der Waals surface area contributed by atoms with Gasteiger partial charge in [-0.15, -0.1) is 0 Å². The van der Waals surface area contributed by atoms with Gasteiger partial charge < -0.3 is 5.11 Å². The van der Waals surface area contributed by atoms with Crippen molar-refractivity contribution in [2.75, 3.05) is 0 Å². The van der Waals surface area contributed by atoms with Gasteiger partial charge in [0.15, 0.2) is 0 Å². The highest BCUT2D eigenvalue weighted by atomic mass is 16.6. The monoisotopic (exact) mass is 209 g/mol. The van der Waals surface area contributed by atoms with Crippen LogP contribution in [0, 0.1) is 17.0 Å². The summed E-state index contributed by atoms with van der Waals surface area (Å²) in [6, 6.07) is 4.83. The lowest BCUT2D eigenvalue weighted by Crippen LogP contribution is -2.03. The number of non-ortho nitro benzene ring substituents is 1. The maximum atomic E-state index is 10.6. The third-order valence-electron chi connectivity index (χ3n) is 2.37. The molecule has 0 amide bonds. The summed E-state index contributed by atoms with van der Waals surface area (Å²) in [5.41, 5.74) is 2.08. The topological polar surface area (TPSA) is 63.4 Å². The largest absolute Gasteiger partial charge is 0.393 e. The summed E-state index contributed by atoms with van der Waals surface area (Å²) in [7, 11) is 0. The zero-order valence-corrected chi connectivity index (χ0v) is 8.93. The fourth-order valence-electron chi connectivity index (χ4n) is 1.41. The number of aryl methyl sites for hydroxylation is 2. The predicted octanol–water partition coefficient (Wildman–Crippen LogP) is 2.22. The summed E-state index contributed by atoms with van der Waals surface area (Å²) >= 11 is 0. The molecule has 1 atom stereocenters. The fraction of sp³-hybridized carbons (Fsp3) is 0.455. The van der Waals surface area contributed by atoms with E-state index in [1.165, 1.54) is 6.07 Å². The molecule has 0 unspecified atom stereocenters. The summed E-state index contributed by atoms with van der Waals surface area (Å²) in [6.45, 7) is 3.63. The van der Waals surface area contributed by atoms with E-state index in [9.17, 15) is 10.1 Å². The Morgan fingerprint density at radius 3 is 2.73 bits per heavy atom. The third kappa shape index (κ3) is 3.32. The second-order valence-electron chi connectivity index (χ2n) is 3.76. The molecule has 1 rings (SSSR count). The van der Waals surface area contributed by atoms with Crippen LogP contribution in [0.1, 0.15) is 24.5 Å². The zero-order chi connectivity index (χ0) is 11.4. The van der Waals surface area contributed by atoms with Crippen LogP contribution in [0.4, 0.5) is 5.69 Å². The average Bonchev–Trinajstić information content (AvgIpc) is 2.16. The van der Waals surface area contributed by atoms with Crippen LogP contribution in [-0.2, 0) is 6.42 Å². The van der Waals surface area contributed by atoms with Crippen LogP contribution in [0.25, 0.3) is 0 Å². The van der Waals surface area contributed by atoms with E-state index in [1.807, 2.05) is 6.92 Å². The minimum atomic E-state index is -0.398. The van der Waals surface area contributed by atoms with Crippen LogP contribution < -0.4 is 0 Å². The quantitative estimate of drug-likeness (QED) is 0.610. The van der Waals surface area contributed by atoms with Gasteiger partial charge in [-0.05, 0) is 37.8 Å². The van der Waals surface area contributed by atoms with E-state index in [-0.39, 0.29) is 11.8 Å². The maximum absolute atomic E-state index is 10.6. The molecule has 82 valence electrons. The van der Waals surface area contributed by atoms with Gasteiger partial charge in [-0.3, -0.25) is 10.1 Å². The van der Waals surface area contributed by atoms with E-state index in [2.05, 4.69) is 0 Å². The molecule has 0 aliphatic carbocycles. The first-order chi connectivity index (χ1) is 7.00. The minimum Gasteiger partial charge on any atom is -0.393 e. The van der Waals surface area contributed by atoms with Crippen LogP contribution >= 0.6 is 0 Å². The van der Waals surface area contributed by atoms with Crippen LogP contribution in [0.3, 0.4) is 0 Å². The van der Waals surface area contributed by atoms with Crippen LogP contribution in [0.2, 0.25) is 0 Å². The molecule has 1 N–H and O–H groups in total.